The number of benzene rings is 1. The molecule has 0 amide bonds. The van der Waals surface area contributed by atoms with Gasteiger partial charge in [0.15, 0.2) is 0 Å². The molecule has 4 rings (SSSR count). The molecule has 1 aliphatic carbocycles. The Labute approximate surface area is 132 Å². The van der Waals surface area contributed by atoms with E-state index in [4.69, 9.17) is 0 Å². The van der Waals surface area contributed by atoms with Crippen molar-refractivity contribution in [2.24, 2.45) is 5.92 Å². The van der Waals surface area contributed by atoms with Crippen LogP contribution in [0.2, 0.25) is 0 Å². The Balaban J connectivity index is 1.91. The van der Waals surface area contributed by atoms with Crippen LogP contribution in [0.1, 0.15) is 19.8 Å². The van der Waals surface area contributed by atoms with Gasteiger partial charge in [0.05, 0.1) is 11.4 Å². The van der Waals surface area contributed by atoms with E-state index in [1.807, 2.05) is 0 Å². The molecule has 0 radical (unpaired) electrons. The van der Waals surface area contributed by atoms with Crippen LogP contribution < -0.4 is 9.80 Å². The van der Waals surface area contributed by atoms with E-state index in [2.05, 4.69) is 67.3 Å². The fraction of sp³-hybridized carbons (Fsp3) is 0.300. The molecule has 0 spiro atoms. The van der Waals surface area contributed by atoms with E-state index in [1.165, 1.54) is 40.3 Å². The number of anilines is 2. The van der Waals surface area contributed by atoms with Crippen molar-refractivity contribution in [1.29, 1.82) is 0 Å². The van der Waals surface area contributed by atoms with Gasteiger partial charge in [0.25, 0.3) is 0 Å². The van der Waals surface area contributed by atoms with Crippen LogP contribution in [0.3, 0.4) is 0 Å². The molecule has 1 atom stereocenters. The lowest BCUT2D eigenvalue weighted by atomic mass is 9.77. The van der Waals surface area contributed by atoms with Crippen LogP contribution in [0, 0.1) is 5.92 Å². The van der Waals surface area contributed by atoms with Crippen molar-refractivity contribution >= 4 is 11.4 Å². The van der Waals surface area contributed by atoms with Gasteiger partial charge in [0.2, 0.25) is 0 Å². The molecule has 1 unspecified atom stereocenters. The van der Waals surface area contributed by atoms with Gasteiger partial charge in [-0.25, -0.2) is 0 Å². The summed E-state index contributed by atoms with van der Waals surface area (Å²) in [6.07, 6.45) is 4.60. The molecular weight excluding hydrogens is 268 g/mol. The molecule has 1 aromatic carbocycles. The quantitative estimate of drug-likeness (QED) is 0.743. The minimum absolute atomic E-state index is 0.596. The Hall–Kier alpha value is -2.22. The van der Waals surface area contributed by atoms with Crippen molar-refractivity contribution in [1.82, 2.24) is 0 Å². The van der Waals surface area contributed by atoms with Gasteiger partial charge in [-0.3, -0.25) is 0 Å². The van der Waals surface area contributed by atoms with Gasteiger partial charge in [-0.1, -0.05) is 30.9 Å². The molecule has 0 N–H and O–H groups in total. The lowest BCUT2D eigenvalue weighted by Crippen LogP contribution is -2.36. The van der Waals surface area contributed by atoms with Crippen molar-refractivity contribution in [2.75, 3.05) is 23.4 Å². The summed E-state index contributed by atoms with van der Waals surface area (Å²) in [5.41, 5.74) is 7.70. The smallest absolute Gasteiger partial charge is 0.116 e. The van der Waals surface area contributed by atoms with Crippen LogP contribution in [0.15, 0.2) is 71.6 Å². The summed E-state index contributed by atoms with van der Waals surface area (Å²) >= 11 is 0. The molecule has 22 heavy (non-hydrogen) atoms. The molecule has 0 bridgehead atoms. The second-order valence-corrected chi connectivity index (χ2v) is 6.61. The molecule has 2 heteroatoms. The van der Waals surface area contributed by atoms with Gasteiger partial charge in [0.1, 0.15) is 5.82 Å². The Bertz CT molecular complexity index is 751. The second kappa shape index (κ2) is 4.64. The SMILES string of the molecule is C=C(C)C1=CC2=C3N(C)c4ccccc4N3CCC2CC1=C. The molecule has 1 aromatic rings. The molecule has 3 aliphatic rings. The van der Waals surface area contributed by atoms with Gasteiger partial charge in [0, 0.05) is 13.6 Å². The van der Waals surface area contributed by atoms with Crippen LogP contribution in [0.25, 0.3) is 0 Å². The summed E-state index contributed by atoms with van der Waals surface area (Å²) in [4.78, 5) is 4.82. The first-order chi connectivity index (χ1) is 10.6. The fourth-order valence-electron chi connectivity index (χ4n) is 4.07. The first-order valence-electron chi connectivity index (χ1n) is 7.98. The fourth-order valence-corrected chi connectivity index (χ4v) is 4.07. The number of allylic oxidation sites excluding steroid dienone is 5. The minimum Gasteiger partial charge on any atom is -0.329 e. The first kappa shape index (κ1) is 13.4. The zero-order valence-electron chi connectivity index (χ0n) is 13.4. The summed E-state index contributed by atoms with van der Waals surface area (Å²) in [5, 5.41) is 0. The number of nitrogens with zero attached hydrogens (tertiary/aromatic N) is 2. The van der Waals surface area contributed by atoms with E-state index >= 15 is 0 Å². The standard InChI is InChI=1S/C20H22N2/c1-13(2)16-12-17-15(11-14(16)3)9-10-22-19-8-6-5-7-18(19)21(4)20(17)22/h5-8,12,15H,1,3,9-11H2,2,4H3. The van der Waals surface area contributed by atoms with Crippen molar-refractivity contribution in [2.45, 2.75) is 19.8 Å². The third-order valence-electron chi connectivity index (χ3n) is 5.14. The van der Waals surface area contributed by atoms with Gasteiger partial charge in [-0.15, -0.1) is 0 Å². The number of para-hydroxylation sites is 2. The lowest BCUT2D eigenvalue weighted by molar-refractivity contribution is 0.525. The third kappa shape index (κ3) is 1.73. The van der Waals surface area contributed by atoms with Crippen LogP contribution in [-0.2, 0) is 0 Å². The Morgan fingerprint density at radius 1 is 1.23 bits per heavy atom. The number of rotatable bonds is 1. The maximum Gasteiger partial charge on any atom is 0.116 e. The highest BCUT2D eigenvalue weighted by atomic mass is 15.4. The average molecular weight is 290 g/mol. The molecule has 2 aliphatic heterocycles. The van der Waals surface area contributed by atoms with E-state index in [-0.39, 0.29) is 0 Å². The van der Waals surface area contributed by atoms with Crippen LogP contribution in [-0.4, -0.2) is 13.6 Å². The highest BCUT2D eigenvalue weighted by Crippen LogP contribution is 2.49. The highest BCUT2D eigenvalue weighted by Gasteiger charge is 2.38. The minimum atomic E-state index is 0.596. The van der Waals surface area contributed by atoms with Crippen LogP contribution in [0.4, 0.5) is 11.4 Å². The molecule has 0 saturated heterocycles. The topological polar surface area (TPSA) is 6.48 Å². The zero-order valence-corrected chi connectivity index (χ0v) is 13.4. The van der Waals surface area contributed by atoms with E-state index in [1.54, 1.807) is 0 Å². The number of fused-ring (bicyclic) bond motifs is 4. The molecular formula is C20H22N2. The highest BCUT2D eigenvalue weighted by molar-refractivity contribution is 5.83. The second-order valence-electron chi connectivity index (χ2n) is 6.61. The van der Waals surface area contributed by atoms with Crippen molar-refractivity contribution in [3.8, 4) is 0 Å². The Morgan fingerprint density at radius 3 is 2.68 bits per heavy atom. The van der Waals surface area contributed by atoms with E-state index in [0.717, 1.165) is 18.5 Å². The predicted molar refractivity (Wildman–Crippen MR) is 94.0 cm³/mol. The summed E-state index contributed by atoms with van der Waals surface area (Å²) in [5.74, 6) is 1.95. The number of hydrogen-bond acceptors (Lipinski definition) is 2. The Morgan fingerprint density at radius 2 is 1.95 bits per heavy atom. The first-order valence-corrected chi connectivity index (χ1v) is 7.98. The predicted octanol–water partition coefficient (Wildman–Crippen LogP) is 4.64. The molecule has 0 fully saturated rings. The largest absolute Gasteiger partial charge is 0.329 e. The van der Waals surface area contributed by atoms with Crippen molar-refractivity contribution < 1.29 is 0 Å². The van der Waals surface area contributed by atoms with Crippen LogP contribution in [0.5, 0.6) is 0 Å². The van der Waals surface area contributed by atoms with Gasteiger partial charge in [-0.2, -0.15) is 0 Å². The maximum absolute atomic E-state index is 4.27. The molecule has 2 heterocycles. The van der Waals surface area contributed by atoms with Gasteiger partial charge in [-0.05, 0) is 60.6 Å². The van der Waals surface area contributed by atoms with E-state index < -0.39 is 0 Å². The van der Waals surface area contributed by atoms with Gasteiger partial charge < -0.3 is 9.80 Å². The Kier molecular flexibility index (Phi) is 2.83. The van der Waals surface area contributed by atoms with Gasteiger partial charge >= 0.3 is 0 Å². The summed E-state index contributed by atoms with van der Waals surface area (Å²) in [6.45, 7) is 11.6. The third-order valence-corrected chi connectivity index (χ3v) is 5.14. The molecule has 0 saturated carbocycles. The van der Waals surface area contributed by atoms with E-state index in [9.17, 15) is 0 Å². The molecule has 112 valence electrons. The van der Waals surface area contributed by atoms with Crippen LogP contribution >= 0.6 is 0 Å². The monoisotopic (exact) mass is 290 g/mol. The van der Waals surface area contributed by atoms with E-state index in [0.29, 0.717) is 5.92 Å². The zero-order chi connectivity index (χ0) is 15.4. The summed E-state index contributed by atoms with van der Waals surface area (Å²) in [7, 11) is 2.18. The summed E-state index contributed by atoms with van der Waals surface area (Å²) < 4.78 is 0. The molecule has 0 aromatic heterocycles. The lowest BCUT2D eigenvalue weighted by Gasteiger charge is -2.38. The summed E-state index contributed by atoms with van der Waals surface area (Å²) in [6, 6.07) is 8.69. The van der Waals surface area contributed by atoms with Crippen molar-refractivity contribution in [3.05, 3.63) is 71.6 Å². The average Bonchev–Trinajstić information content (AvgIpc) is 2.80. The maximum atomic E-state index is 4.27. The molecule has 2 nitrogen and oxygen atoms in total. The van der Waals surface area contributed by atoms with Crippen molar-refractivity contribution in [3.63, 3.8) is 0 Å². The number of hydrogen-bond donors (Lipinski definition) is 0. The normalized spacial score (nSPS) is 23.1.